The minimum Gasteiger partial charge on any atom is -0.395 e. The summed E-state index contributed by atoms with van der Waals surface area (Å²) < 4.78 is 0. The summed E-state index contributed by atoms with van der Waals surface area (Å²) in [7, 11) is 0. The van der Waals surface area contributed by atoms with Crippen LogP contribution >= 0.6 is 0 Å². The summed E-state index contributed by atoms with van der Waals surface area (Å²) in [5.74, 6) is -0.271. The largest absolute Gasteiger partial charge is 0.395 e. The highest BCUT2D eigenvalue weighted by atomic mass is 16.3. The first-order chi connectivity index (χ1) is 10.6. The first-order valence-corrected chi connectivity index (χ1v) is 8.01. The average Bonchev–Trinajstić information content (AvgIpc) is 2.55. The quantitative estimate of drug-likeness (QED) is 0.353. The standard InChI is InChI=1S/C16H28N4O2/c1-3-5-13(9-17)7-15(11-21)19-20-16(12-22)8-14(10-18)6-4-2/h11,13-16,19-20,22H,3-8,12H2,1-2H3. The van der Waals surface area contributed by atoms with Crippen molar-refractivity contribution < 1.29 is 9.90 Å². The van der Waals surface area contributed by atoms with Crippen LogP contribution in [0, 0.1) is 34.5 Å². The molecule has 124 valence electrons. The molecule has 0 rings (SSSR count). The van der Waals surface area contributed by atoms with Gasteiger partial charge in [0.2, 0.25) is 0 Å². The van der Waals surface area contributed by atoms with E-state index in [1.54, 1.807) is 0 Å². The van der Waals surface area contributed by atoms with E-state index in [4.69, 9.17) is 10.5 Å². The molecule has 0 aliphatic heterocycles. The van der Waals surface area contributed by atoms with Crippen LogP contribution in [0.25, 0.3) is 0 Å². The SMILES string of the molecule is CCCC(C#N)CC(C=O)NNC(CO)CC(C#N)CCC. The van der Waals surface area contributed by atoms with Crippen molar-refractivity contribution in [2.24, 2.45) is 11.8 Å². The number of hydrazine groups is 1. The van der Waals surface area contributed by atoms with E-state index >= 15 is 0 Å². The van der Waals surface area contributed by atoms with Crippen molar-refractivity contribution in [2.75, 3.05) is 6.61 Å². The van der Waals surface area contributed by atoms with E-state index in [0.29, 0.717) is 12.8 Å². The minimum atomic E-state index is -0.475. The normalized spacial score (nSPS) is 16.0. The Balaban J connectivity index is 4.36. The molecule has 6 heteroatoms. The van der Waals surface area contributed by atoms with Crippen LogP contribution in [0.2, 0.25) is 0 Å². The maximum absolute atomic E-state index is 11.1. The van der Waals surface area contributed by atoms with Crippen LogP contribution in [0.15, 0.2) is 0 Å². The van der Waals surface area contributed by atoms with Crippen LogP contribution in [0.5, 0.6) is 0 Å². The number of nitriles is 2. The third kappa shape index (κ3) is 8.74. The van der Waals surface area contributed by atoms with E-state index in [1.165, 1.54) is 0 Å². The summed E-state index contributed by atoms with van der Waals surface area (Å²) in [6.07, 6.45) is 5.11. The zero-order valence-corrected chi connectivity index (χ0v) is 13.6. The highest BCUT2D eigenvalue weighted by Crippen LogP contribution is 2.13. The Morgan fingerprint density at radius 1 is 1.05 bits per heavy atom. The van der Waals surface area contributed by atoms with Gasteiger partial charge in [-0.15, -0.1) is 0 Å². The van der Waals surface area contributed by atoms with Gasteiger partial charge in [-0.3, -0.25) is 5.43 Å². The monoisotopic (exact) mass is 308 g/mol. The molecular weight excluding hydrogens is 280 g/mol. The molecule has 0 fully saturated rings. The van der Waals surface area contributed by atoms with E-state index in [9.17, 15) is 9.90 Å². The van der Waals surface area contributed by atoms with E-state index in [1.807, 2.05) is 13.8 Å². The molecule has 0 aliphatic rings. The molecule has 0 saturated heterocycles. The predicted octanol–water partition coefficient (Wildman–Crippen LogP) is 1.67. The highest BCUT2D eigenvalue weighted by Gasteiger charge is 2.18. The van der Waals surface area contributed by atoms with Crippen molar-refractivity contribution in [3.8, 4) is 12.1 Å². The number of carbonyl (C=O) groups excluding carboxylic acids is 1. The Bertz CT molecular complexity index is 375. The Kier molecular flexibility index (Phi) is 12.3. The number of nitrogens with zero attached hydrogens (tertiary/aromatic N) is 2. The third-order valence-corrected chi connectivity index (χ3v) is 3.60. The second-order valence-electron chi connectivity index (χ2n) is 5.61. The van der Waals surface area contributed by atoms with Crippen molar-refractivity contribution >= 4 is 6.29 Å². The maximum Gasteiger partial charge on any atom is 0.138 e. The average molecular weight is 308 g/mol. The van der Waals surface area contributed by atoms with Crippen LogP contribution in [0.3, 0.4) is 0 Å². The zero-order chi connectivity index (χ0) is 16.8. The molecule has 0 spiro atoms. The smallest absolute Gasteiger partial charge is 0.138 e. The summed E-state index contributed by atoms with van der Waals surface area (Å²) >= 11 is 0. The van der Waals surface area contributed by atoms with Gasteiger partial charge in [0.15, 0.2) is 0 Å². The number of hydrogen-bond acceptors (Lipinski definition) is 6. The number of carbonyl (C=O) groups is 1. The molecule has 6 nitrogen and oxygen atoms in total. The van der Waals surface area contributed by atoms with Gasteiger partial charge < -0.3 is 9.90 Å². The first-order valence-electron chi connectivity index (χ1n) is 8.01. The fraction of sp³-hybridized carbons (Fsp3) is 0.812. The highest BCUT2D eigenvalue weighted by molar-refractivity contribution is 5.57. The van der Waals surface area contributed by atoms with Gasteiger partial charge in [0.05, 0.1) is 24.8 Å². The van der Waals surface area contributed by atoms with Gasteiger partial charge in [-0.25, -0.2) is 5.43 Å². The third-order valence-electron chi connectivity index (χ3n) is 3.60. The molecule has 0 aliphatic carbocycles. The maximum atomic E-state index is 11.1. The summed E-state index contributed by atoms with van der Waals surface area (Å²) in [4.78, 5) is 11.1. The van der Waals surface area contributed by atoms with E-state index in [-0.39, 0.29) is 24.5 Å². The van der Waals surface area contributed by atoms with Crippen LogP contribution in [0.1, 0.15) is 52.4 Å². The Morgan fingerprint density at radius 3 is 2.00 bits per heavy atom. The van der Waals surface area contributed by atoms with Gasteiger partial charge in [-0.05, 0) is 25.7 Å². The Morgan fingerprint density at radius 2 is 1.59 bits per heavy atom. The number of aliphatic hydroxyl groups is 1. The van der Waals surface area contributed by atoms with Gasteiger partial charge in [0.1, 0.15) is 6.29 Å². The topological polar surface area (TPSA) is 109 Å². The van der Waals surface area contributed by atoms with Gasteiger partial charge >= 0.3 is 0 Å². The van der Waals surface area contributed by atoms with Gasteiger partial charge in [0, 0.05) is 17.9 Å². The Hall–Kier alpha value is -1.47. The lowest BCUT2D eigenvalue weighted by atomic mass is 9.97. The zero-order valence-electron chi connectivity index (χ0n) is 13.6. The molecule has 0 aromatic heterocycles. The van der Waals surface area contributed by atoms with Crippen LogP contribution in [0.4, 0.5) is 0 Å². The van der Waals surface area contributed by atoms with Crippen molar-refractivity contribution in [1.29, 1.82) is 10.5 Å². The van der Waals surface area contributed by atoms with E-state index in [2.05, 4.69) is 23.0 Å². The van der Waals surface area contributed by atoms with E-state index < -0.39 is 6.04 Å². The van der Waals surface area contributed by atoms with Crippen molar-refractivity contribution in [3.63, 3.8) is 0 Å². The molecule has 4 atom stereocenters. The fourth-order valence-corrected chi connectivity index (χ4v) is 2.37. The second-order valence-corrected chi connectivity index (χ2v) is 5.61. The molecule has 0 amide bonds. The molecule has 0 bridgehead atoms. The van der Waals surface area contributed by atoms with Gasteiger partial charge in [0.25, 0.3) is 0 Å². The molecule has 0 saturated carbocycles. The van der Waals surface area contributed by atoms with Crippen LogP contribution < -0.4 is 10.9 Å². The minimum absolute atomic E-state index is 0.113. The number of aliphatic hydroxyl groups excluding tert-OH is 1. The second kappa shape index (κ2) is 13.2. The molecule has 0 radical (unpaired) electrons. The lowest BCUT2D eigenvalue weighted by Gasteiger charge is -2.23. The summed E-state index contributed by atoms with van der Waals surface area (Å²) in [5, 5.41) is 27.5. The predicted molar refractivity (Wildman–Crippen MR) is 84.3 cm³/mol. The van der Waals surface area contributed by atoms with Crippen LogP contribution in [-0.4, -0.2) is 30.1 Å². The van der Waals surface area contributed by atoms with Crippen molar-refractivity contribution in [3.05, 3.63) is 0 Å². The van der Waals surface area contributed by atoms with E-state index in [0.717, 1.165) is 32.0 Å². The summed E-state index contributed by atoms with van der Waals surface area (Å²) in [5.41, 5.74) is 5.80. The summed E-state index contributed by atoms with van der Waals surface area (Å²) in [6.45, 7) is 3.91. The molecule has 3 N–H and O–H groups in total. The van der Waals surface area contributed by atoms with Gasteiger partial charge in [-0.2, -0.15) is 10.5 Å². The summed E-state index contributed by atoms with van der Waals surface area (Å²) in [6, 6.07) is 3.68. The molecule has 0 heterocycles. The van der Waals surface area contributed by atoms with Crippen LogP contribution in [-0.2, 0) is 4.79 Å². The molecule has 22 heavy (non-hydrogen) atoms. The number of nitrogens with one attached hydrogen (secondary N) is 2. The number of rotatable bonds is 13. The molecular formula is C16H28N4O2. The lowest BCUT2D eigenvalue weighted by molar-refractivity contribution is -0.110. The van der Waals surface area contributed by atoms with Crippen molar-refractivity contribution in [1.82, 2.24) is 10.9 Å². The molecule has 0 aromatic rings. The van der Waals surface area contributed by atoms with Crippen molar-refractivity contribution in [2.45, 2.75) is 64.5 Å². The van der Waals surface area contributed by atoms with Gasteiger partial charge in [-0.1, -0.05) is 26.7 Å². The molecule has 0 aromatic carbocycles. The number of aldehydes is 1. The Labute approximate surface area is 133 Å². The fourth-order valence-electron chi connectivity index (χ4n) is 2.37. The molecule has 4 unspecified atom stereocenters. The first kappa shape index (κ1) is 20.5. The number of hydrogen-bond donors (Lipinski definition) is 3. The lowest BCUT2D eigenvalue weighted by Crippen LogP contribution is -2.49.